The second-order valence-corrected chi connectivity index (χ2v) is 9.67. The molecule has 1 aliphatic rings. The van der Waals surface area contributed by atoms with Gasteiger partial charge in [0.1, 0.15) is 0 Å². The summed E-state index contributed by atoms with van der Waals surface area (Å²) in [5.41, 5.74) is 1.52. The molecular weight excluding hydrogens is 432 g/mol. The van der Waals surface area contributed by atoms with E-state index in [1.165, 1.54) is 30.0 Å². The van der Waals surface area contributed by atoms with E-state index in [2.05, 4.69) is 11.4 Å². The predicted molar refractivity (Wildman–Crippen MR) is 117 cm³/mol. The molecule has 0 bridgehead atoms. The maximum absolute atomic E-state index is 13.6. The van der Waals surface area contributed by atoms with Gasteiger partial charge in [-0.15, -0.1) is 0 Å². The van der Waals surface area contributed by atoms with Gasteiger partial charge in [-0.25, -0.2) is 13.2 Å². The van der Waals surface area contributed by atoms with Crippen LogP contribution >= 0.6 is 11.8 Å². The second-order valence-electron chi connectivity index (χ2n) is 6.70. The SMILES string of the molecule is CCOC(=O)c1cc2c(c(CC#N)c1S(=O)(=O)c1ccccc1)Nc1ccccc1S2. The van der Waals surface area contributed by atoms with Crippen LogP contribution in [0.3, 0.4) is 0 Å². The number of ether oxygens (including phenoxy) is 1. The number of nitriles is 1. The average molecular weight is 451 g/mol. The van der Waals surface area contributed by atoms with Gasteiger partial charge in [0.05, 0.1) is 45.8 Å². The van der Waals surface area contributed by atoms with Gasteiger partial charge in [0.25, 0.3) is 0 Å². The molecule has 0 aromatic heterocycles. The van der Waals surface area contributed by atoms with E-state index in [0.717, 1.165) is 10.6 Å². The van der Waals surface area contributed by atoms with Crippen molar-refractivity contribution < 1.29 is 17.9 Å². The molecule has 3 aromatic rings. The van der Waals surface area contributed by atoms with E-state index in [1.807, 2.05) is 24.3 Å². The molecule has 6 nitrogen and oxygen atoms in total. The number of rotatable bonds is 5. The van der Waals surface area contributed by atoms with Gasteiger partial charge in [-0.3, -0.25) is 0 Å². The normalized spacial score (nSPS) is 12.1. The van der Waals surface area contributed by atoms with E-state index in [-0.39, 0.29) is 33.9 Å². The fourth-order valence-corrected chi connectivity index (χ4v) is 6.20. The number of nitrogens with one attached hydrogen (secondary N) is 1. The Morgan fingerprint density at radius 2 is 1.81 bits per heavy atom. The molecule has 0 aliphatic carbocycles. The third-order valence-corrected chi connectivity index (χ3v) is 7.80. The molecule has 0 atom stereocenters. The third kappa shape index (κ3) is 3.78. The molecule has 1 N–H and O–H groups in total. The van der Waals surface area contributed by atoms with Crippen LogP contribution in [0, 0.1) is 11.3 Å². The predicted octanol–water partition coefficient (Wildman–Crippen LogP) is 4.97. The molecule has 8 heteroatoms. The maximum atomic E-state index is 13.6. The van der Waals surface area contributed by atoms with Crippen molar-refractivity contribution in [3.8, 4) is 6.07 Å². The molecule has 0 saturated carbocycles. The van der Waals surface area contributed by atoms with E-state index in [1.54, 1.807) is 25.1 Å². The Hall–Kier alpha value is -3.28. The molecule has 0 radical (unpaired) electrons. The first-order chi connectivity index (χ1) is 15.0. The van der Waals surface area contributed by atoms with Crippen LogP contribution in [0.25, 0.3) is 0 Å². The lowest BCUT2D eigenvalue weighted by molar-refractivity contribution is 0.0521. The van der Waals surface area contributed by atoms with Crippen molar-refractivity contribution in [1.82, 2.24) is 0 Å². The largest absolute Gasteiger partial charge is 0.462 e. The van der Waals surface area contributed by atoms with Crippen molar-refractivity contribution in [3.05, 3.63) is 71.8 Å². The van der Waals surface area contributed by atoms with Gasteiger partial charge in [0.15, 0.2) is 0 Å². The first kappa shape index (κ1) is 21.0. The number of hydrogen-bond acceptors (Lipinski definition) is 7. The summed E-state index contributed by atoms with van der Waals surface area (Å²) in [5.74, 6) is -0.738. The van der Waals surface area contributed by atoms with Crippen LogP contribution in [-0.4, -0.2) is 21.0 Å². The summed E-state index contributed by atoms with van der Waals surface area (Å²) in [6.45, 7) is 1.76. The van der Waals surface area contributed by atoms with E-state index in [4.69, 9.17) is 4.74 Å². The van der Waals surface area contributed by atoms with Gasteiger partial charge in [0.2, 0.25) is 9.84 Å². The molecule has 4 rings (SSSR count). The number of nitrogens with zero attached hydrogens (tertiary/aromatic N) is 1. The Balaban J connectivity index is 2.03. The number of fused-ring (bicyclic) bond motifs is 2. The highest BCUT2D eigenvalue weighted by molar-refractivity contribution is 7.99. The lowest BCUT2D eigenvalue weighted by Gasteiger charge is -2.26. The second kappa shape index (κ2) is 8.46. The number of carbonyl (C=O) groups excluding carboxylic acids is 1. The highest BCUT2D eigenvalue weighted by Crippen LogP contribution is 2.48. The first-order valence-corrected chi connectivity index (χ1v) is 11.8. The third-order valence-electron chi connectivity index (χ3n) is 4.78. The van der Waals surface area contributed by atoms with Gasteiger partial charge >= 0.3 is 5.97 Å². The number of para-hydroxylation sites is 1. The average Bonchev–Trinajstić information content (AvgIpc) is 2.78. The summed E-state index contributed by atoms with van der Waals surface area (Å²) >= 11 is 1.41. The monoisotopic (exact) mass is 450 g/mol. The van der Waals surface area contributed by atoms with Gasteiger partial charge in [-0.2, -0.15) is 5.26 Å². The van der Waals surface area contributed by atoms with Crippen molar-refractivity contribution in [2.75, 3.05) is 11.9 Å². The van der Waals surface area contributed by atoms with Crippen LogP contribution in [0.15, 0.2) is 80.2 Å². The zero-order chi connectivity index (χ0) is 22.0. The fourth-order valence-electron chi connectivity index (χ4n) is 3.46. The molecule has 0 amide bonds. The summed E-state index contributed by atoms with van der Waals surface area (Å²) < 4.78 is 32.5. The van der Waals surface area contributed by atoms with Crippen LogP contribution in [0.2, 0.25) is 0 Å². The molecule has 0 spiro atoms. The molecule has 31 heavy (non-hydrogen) atoms. The molecule has 1 heterocycles. The Bertz CT molecular complexity index is 1310. The van der Waals surface area contributed by atoms with E-state index in [9.17, 15) is 18.5 Å². The zero-order valence-corrected chi connectivity index (χ0v) is 18.2. The summed E-state index contributed by atoms with van der Waals surface area (Å²) in [7, 11) is -4.10. The number of anilines is 2. The highest BCUT2D eigenvalue weighted by atomic mass is 32.2. The molecule has 156 valence electrons. The van der Waals surface area contributed by atoms with Crippen LogP contribution < -0.4 is 5.32 Å². The lowest BCUT2D eigenvalue weighted by atomic mass is 10.0. The van der Waals surface area contributed by atoms with Crippen molar-refractivity contribution in [1.29, 1.82) is 5.26 Å². The van der Waals surface area contributed by atoms with Crippen LogP contribution in [-0.2, 0) is 21.0 Å². The number of hydrogen-bond donors (Lipinski definition) is 1. The van der Waals surface area contributed by atoms with Crippen molar-refractivity contribution in [2.24, 2.45) is 0 Å². The summed E-state index contributed by atoms with van der Waals surface area (Å²) in [6, 6.07) is 19.1. The Kier molecular flexibility index (Phi) is 5.72. The molecular formula is C23H18N2O4S2. The minimum Gasteiger partial charge on any atom is -0.462 e. The van der Waals surface area contributed by atoms with Gasteiger partial charge in [-0.05, 0) is 37.3 Å². The summed E-state index contributed by atoms with van der Waals surface area (Å²) in [5, 5.41) is 12.8. The standard InChI is InChI=1S/C23H18N2O4S2/c1-2-29-23(26)17-14-20-21(25-18-10-6-7-11-19(18)30-20)16(12-13-24)22(17)31(27,28)15-8-4-3-5-9-15/h3-11,14,25H,2,12H2,1H3. The molecule has 3 aromatic carbocycles. The molecule has 0 fully saturated rings. The maximum Gasteiger partial charge on any atom is 0.339 e. The molecule has 0 unspecified atom stereocenters. The van der Waals surface area contributed by atoms with Gasteiger partial charge in [-0.1, -0.05) is 42.1 Å². The number of carbonyl (C=O) groups is 1. The zero-order valence-electron chi connectivity index (χ0n) is 16.6. The van der Waals surface area contributed by atoms with Crippen LogP contribution in [0.5, 0.6) is 0 Å². The van der Waals surface area contributed by atoms with Crippen molar-refractivity contribution in [3.63, 3.8) is 0 Å². The van der Waals surface area contributed by atoms with Gasteiger partial charge in [0, 0.05) is 15.4 Å². The van der Waals surface area contributed by atoms with Crippen LogP contribution in [0.4, 0.5) is 11.4 Å². The minimum atomic E-state index is -4.10. The first-order valence-electron chi connectivity index (χ1n) is 9.55. The number of benzene rings is 3. The smallest absolute Gasteiger partial charge is 0.339 e. The minimum absolute atomic E-state index is 0.0450. The van der Waals surface area contributed by atoms with Crippen molar-refractivity contribution >= 4 is 38.9 Å². The number of esters is 1. The van der Waals surface area contributed by atoms with E-state index in [0.29, 0.717) is 10.6 Å². The van der Waals surface area contributed by atoms with Gasteiger partial charge < -0.3 is 10.1 Å². The highest BCUT2D eigenvalue weighted by Gasteiger charge is 2.33. The Morgan fingerprint density at radius 1 is 1.10 bits per heavy atom. The lowest BCUT2D eigenvalue weighted by Crippen LogP contribution is -2.18. The Labute approximate surface area is 184 Å². The summed E-state index contributed by atoms with van der Waals surface area (Å²) in [6.07, 6.45) is -0.188. The van der Waals surface area contributed by atoms with E-state index < -0.39 is 15.8 Å². The summed E-state index contributed by atoms with van der Waals surface area (Å²) in [4.78, 5) is 14.3. The van der Waals surface area contributed by atoms with Crippen molar-refractivity contribution in [2.45, 2.75) is 32.9 Å². The molecule has 0 saturated heterocycles. The quantitative estimate of drug-likeness (QED) is 0.429. The molecule has 1 aliphatic heterocycles. The number of sulfone groups is 1. The fraction of sp³-hybridized carbons (Fsp3) is 0.130. The Morgan fingerprint density at radius 3 is 2.52 bits per heavy atom. The van der Waals surface area contributed by atoms with Crippen LogP contribution in [0.1, 0.15) is 22.8 Å². The topological polar surface area (TPSA) is 96.3 Å². The van der Waals surface area contributed by atoms with E-state index >= 15 is 0 Å².